The standard InChI is InChI=1S/C14H18N2O4/c1-3-9-5-4-6-16(9)13(17)11-7-10(20-2)8-12(15-11)14(18)19/h7-9H,3-6H2,1-2H3,(H,18,19). The van der Waals surface area contributed by atoms with Crippen molar-refractivity contribution in [1.29, 1.82) is 0 Å². The molecule has 108 valence electrons. The summed E-state index contributed by atoms with van der Waals surface area (Å²) in [6, 6.07) is 3.00. The van der Waals surface area contributed by atoms with Crippen LogP contribution in [-0.2, 0) is 0 Å². The molecule has 0 aromatic carbocycles. The highest BCUT2D eigenvalue weighted by atomic mass is 16.5. The molecule has 1 unspecified atom stereocenters. The van der Waals surface area contributed by atoms with E-state index >= 15 is 0 Å². The Morgan fingerprint density at radius 1 is 1.45 bits per heavy atom. The summed E-state index contributed by atoms with van der Waals surface area (Å²) in [4.78, 5) is 29.2. The van der Waals surface area contributed by atoms with E-state index in [0.717, 1.165) is 19.3 Å². The fourth-order valence-corrected chi connectivity index (χ4v) is 2.52. The monoisotopic (exact) mass is 278 g/mol. The van der Waals surface area contributed by atoms with Crippen molar-refractivity contribution >= 4 is 11.9 Å². The number of methoxy groups -OCH3 is 1. The number of amides is 1. The van der Waals surface area contributed by atoms with Gasteiger partial charge >= 0.3 is 5.97 Å². The van der Waals surface area contributed by atoms with Crippen molar-refractivity contribution in [2.45, 2.75) is 32.2 Å². The van der Waals surface area contributed by atoms with Gasteiger partial charge in [0.2, 0.25) is 0 Å². The van der Waals surface area contributed by atoms with E-state index in [2.05, 4.69) is 4.98 Å². The molecule has 0 bridgehead atoms. The van der Waals surface area contributed by atoms with Gasteiger partial charge in [-0.1, -0.05) is 6.92 Å². The lowest BCUT2D eigenvalue weighted by Crippen LogP contribution is -2.35. The van der Waals surface area contributed by atoms with Crippen LogP contribution in [0, 0.1) is 0 Å². The zero-order valence-electron chi connectivity index (χ0n) is 11.6. The van der Waals surface area contributed by atoms with Crippen LogP contribution in [0.2, 0.25) is 0 Å². The molecule has 0 radical (unpaired) electrons. The summed E-state index contributed by atoms with van der Waals surface area (Å²) >= 11 is 0. The van der Waals surface area contributed by atoms with Crippen LogP contribution >= 0.6 is 0 Å². The number of hydrogen-bond donors (Lipinski definition) is 1. The molecular weight excluding hydrogens is 260 g/mol. The van der Waals surface area contributed by atoms with Crippen molar-refractivity contribution in [3.8, 4) is 5.75 Å². The quantitative estimate of drug-likeness (QED) is 0.908. The molecule has 1 aliphatic rings. The smallest absolute Gasteiger partial charge is 0.354 e. The van der Waals surface area contributed by atoms with E-state index in [1.165, 1.54) is 19.2 Å². The predicted octanol–water partition coefficient (Wildman–Crippen LogP) is 1.80. The second kappa shape index (κ2) is 5.90. The number of hydrogen-bond acceptors (Lipinski definition) is 4. The Balaban J connectivity index is 2.33. The number of carbonyl (C=O) groups excluding carboxylic acids is 1. The molecule has 1 aromatic rings. The highest BCUT2D eigenvalue weighted by Crippen LogP contribution is 2.23. The van der Waals surface area contributed by atoms with Gasteiger partial charge in [-0.15, -0.1) is 0 Å². The van der Waals surface area contributed by atoms with Gasteiger partial charge in [0, 0.05) is 24.7 Å². The SMILES string of the molecule is CCC1CCCN1C(=O)c1cc(OC)cc(C(=O)O)n1. The van der Waals surface area contributed by atoms with Crippen LogP contribution in [-0.4, -0.2) is 46.6 Å². The third-order valence-corrected chi connectivity index (χ3v) is 3.58. The molecule has 1 aliphatic heterocycles. The minimum atomic E-state index is -1.17. The number of carboxylic acid groups (broad SMARTS) is 1. The molecule has 1 fully saturated rings. The first kappa shape index (κ1) is 14.3. The van der Waals surface area contributed by atoms with Gasteiger partial charge in [-0.3, -0.25) is 4.79 Å². The van der Waals surface area contributed by atoms with Gasteiger partial charge in [0.25, 0.3) is 5.91 Å². The van der Waals surface area contributed by atoms with Crippen LogP contribution in [0.4, 0.5) is 0 Å². The molecule has 0 spiro atoms. The predicted molar refractivity (Wildman–Crippen MR) is 72.1 cm³/mol. The number of carboxylic acids is 1. The Bertz CT molecular complexity index is 530. The Kier molecular flexibility index (Phi) is 4.22. The Morgan fingerprint density at radius 3 is 2.75 bits per heavy atom. The number of pyridine rings is 1. The molecule has 20 heavy (non-hydrogen) atoms. The highest BCUT2D eigenvalue weighted by molar-refractivity contribution is 5.95. The summed E-state index contributed by atoms with van der Waals surface area (Å²) in [5, 5.41) is 9.03. The molecule has 6 nitrogen and oxygen atoms in total. The summed E-state index contributed by atoms with van der Waals surface area (Å²) in [5.74, 6) is -1.07. The van der Waals surface area contributed by atoms with E-state index in [4.69, 9.17) is 9.84 Å². The molecule has 1 N–H and O–H groups in total. The van der Waals surface area contributed by atoms with E-state index in [1.807, 2.05) is 6.92 Å². The maximum atomic E-state index is 12.5. The molecule has 1 saturated heterocycles. The fourth-order valence-electron chi connectivity index (χ4n) is 2.52. The highest BCUT2D eigenvalue weighted by Gasteiger charge is 2.29. The molecule has 0 aliphatic carbocycles. The van der Waals surface area contributed by atoms with E-state index in [9.17, 15) is 9.59 Å². The van der Waals surface area contributed by atoms with Crippen LogP contribution in [0.3, 0.4) is 0 Å². The average molecular weight is 278 g/mol. The van der Waals surface area contributed by atoms with Gasteiger partial charge in [-0.05, 0) is 19.3 Å². The van der Waals surface area contributed by atoms with Gasteiger partial charge in [0.05, 0.1) is 7.11 Å². The summed E-state index contributed by atoms with van der Waals surface area (Å²) in [7, 11) is 1.43. The van der Waals surface area contributed by atoms with Gasteiger partial charge in [-0.25, -0.2) is 9.78 Å². The second-order valence-corrected chi connectivity index (χ2v) is 4.79. The minimum absolute atomic E-state index is 0.127. The number of likely N-dealkylation sites (tertiary alicyclic amines) is 1. The van der Waals surface area contributed by atoms with E-state index < -0.39 is 5.97 Å². The average Bonchev–Trinajstić information content (AvgIpc) is 2.94. The molecule has 0 saturated carbocycles. The van der Waals surface area contributed by atoms with Gasteiger partial charge < -0.3 is 14.7 Å². The number of aromatic nitrogens is 1. The van der Waals surface area contributed by atoms with Crippen molar-refractivity contribution in [3.63, 3.8) is 0 Å². The summed E-state index contributed by atoms with van der Waals surface area (Å²) in [5.41, 5.74) is -0.0537. The number of carbonyl (C=O) groups is 2. The molecule has 1 amide bonds. The van der Waals surface area contributed by atoms with Gasteiger partial charge in [0.1, 0.15) is 11.4 Å². The minimum Gasteiger partial charge on any atom is -0.497 e. The van der Waals surface area contributed by atoms with Gasteiger partial charge in [0.15, 0.2) is 5.69 Å². The first-order chi connectivity index (χ1) is 9.56. The number of rotatable bonds is 4. The van der Waals surface area contributed by atoms with Crippen molar-refractivity contribution in [2.24, 2.45) is 0 Å². The molecule has 2 rings (SSSR count). The molecule has 1 aromatic heterocycles. The molecule has 6 heteroatoms. The van der Waals surface area contributed by atoms with Gasteiger partial charge in [-0.2, -0.15) is 0 Å². The summed E-state index contributed by atoms with van der Waals surface area (Å²) in [6.45, 7) is 2.73. The van der Waals surface area contributed by atoms with Crippen LogP contribution in [0.15, 0.2) is 12.1 Å². The summed E-state index contributed by atoms with van der Waals surface area (Å²) < 4.78 is 5.04. The largest absolute Gasteiger partial charge is 0.497 e. The lowest BCUT2D eigenvalue weighted by atomic mass is 10.1. The van der Waals surface area contributed by atoms with Crippen LogP contribution in [0.25, 0.3) is 0 Å². The maximum Gasteiger partial charge on any atom is 0.354 e. The number of aromatic carboxylic acids is 1. The Hall–Kier alpha value is -2.11. The molecule has 2 heterocycles. The third-order valence-electron chi connectivity index (χ3n) is 3.58. The number of ether oxygens (including phenoxy) is 1. The Labute approximate surface area is 117 Å². The molecule has 1 atom stereocenters. The van der Waals surface area contributed by atoms with Crippen molar-refractivity contribution in [1.82, 2.24) is 9.88 Å². The van der Waals surface area contributed by atoms with Crippen molar-refractivity contribution in [2.75, 3.05) is 13.7 Å². The van der Waals surface area contributed by atoms with Crippen molar-refractivity contribution in [3.05, 3.63) is 23.5 Å². The van der Waals surface area contributed by atoms with Crippen LogP contribution in [0.1, 0.15) is 47.2 Å². The zero-order chi connectivity index (χ0) is 14.7. The second-order valence-electron chi connectivity index (χ2n) is 4.79. The topological polar surface area (TPSA) is 79.7 Å². The van der Waals surface area contributed by atoms with E-state index in [-0.39, 0.29) is 23.3 Å². The maximum absolute atomic E-state index is 12.5. The third kappa shape index (κ3) is 2.74. The number of nitrogens with zero attached hydrogens (tertiary/aromatic N) is 2. The first-order valence-corrected chi connectivity index (χ1v) is 6.67. The van der Waals surface area contributed by atoms with Crippen LogP contribution < -0.4 is 4.74 Å². The lowest BCUT2D eigenvalue weighted by molar-refractivity contribution is 0.0688. The Morgan fingerprint density at radius 2 is 2.15 bits per heavy atom. The zero-order valence-corrected chi connectivity index (χ0v) is 11.6. The van der Waals surface area contributed by atoms with E-state index in [1.54, 1.807) is 4.90 Å². The lowest BCUT2D eigenvalue weighted by Gasteiger charge is -2.23. The summed E-state index contributed by atoms with van der Waals surface area (Å²) in [6.07, 6.45) is 2.85. The van der Waals surface area contributed by atoms with Crippen molar-refractivity contribution < 1.29 is 19.4 Å². The van der Waals surface area contributed by atoms with E-state index in [0.29, 0.717) is 12.3 Å². The fraction of sp³-hybridized carbons (Fsp3) is 0.500. The van der Waals surface area contributed by atoms with Crippen LogP contribution in [0.5, 0.6) is 5.75 Å². The normalized spacial score (nSPS) is 18.1. The molecular formula is C14H18N2O4. The first-order valence-electron chi connectivity index (χ1n) is 6.67.